The van der Waals surface area contributed by atoms with Crippen molar-refractivity contribution in [3.05, 3.63) is 28.7 Å². The van der Waals surface area contributed by atoms with Gasteiger partial charge in [0, 0.05) is 42.5 Å². The first-order valence-corrected chi connectivity index (χ1v) is 6.90. The average molecular weight is 311 g/mol. The zero-order valence-corrected chi connectivity index (χ0v) is 12.6. The summed E-state index contributed by atoms with van der Waals surface area (Å²) in [6, 6.07) is 1.86. The molecule has 0 aliphatic carbocycles. The van der Waals surface area contributed by atoms with Crippen molar-refractivity contribution in [3.63, 3.8) is 0 Å². The van der Waals surface area contributed by atoms with Crippen LogP contribution in [-0.2, 0) is 19.4 Å². The van der Waals surface area contributed by atoms with Crippen LogP contribution in [0.4, 0.5) is 5.82 Å². The molecule has 4 N–H and O–H groups in total. The smallest absolute Gasteiger partial charge is 0.277 e. The second kappa shape index (κ2) is 6.73. The van der Waals surface area contributed by atoms with E-state index in [1.165, 1.54) is 0 Å². The highest BCUT2D eigenvalue weighted by Gasteiger charge is 2.21. The number of H-pyrrole nitrogens is 2. The molecule has 21 heavy (non-hydrogen) atoms. The van der Waals surface area contributed by atoms with Gasteiger partial charge in [-0.25, -0.2) is 0 Å². The van der Waals surface area contributed by atoms with E-state index in [-0.39, 0.29) is 18.3 Å². The zero-order chi connectivity index (χ0) is 13.9. The SMILES string of the molecule is CCCc1cc(NC(=O)c2n[nH]c3c2CNCC3)n[nH]1.Cl. The molecule has 2 aromatic heterocycles. The summed E-state index contributed by atoms with van der Waals surface area (Å²) in [7, 11) is 0. The summed E-state index contributed by atoms with van der Waals surface area (Å²) < 4.78 is 0. The molecular formula is C13H19ClN6O. The summed E-state index contributed by atoms with van der Waals surface area (Å²) in [6.07, 6.45) is 2.83. The molecule has 0 atom stereocenters. The lowest BCUT2D eigenvalue weighted by Gasteiger charge is -2.12. The Bertz CT molecular complexity index is 620. The van der Waals surface area contributed by atoms with Crippen LogP contribution in [0.2, 0.25) is 0 Å². The van der Waals surface area contributed by atoms with E-state index in [1.54, 1.807) is 0 Å². The fraction of sp³-hybridized carbons (Fsp3) is 0.462. The Morgan fingerprint density at radius 1 is 1.38 bits per heavy atom. The van der Waals surface area contributed by atoms with Crippen molar-refractivity contribution in [2.45, 2.75) is 32.7 Å². The molecular weight excluding hydrogens is 292 g/mol. The molecule has 3 rings (SSSR count). The minimum absolute atomic E-state index is 0. The van der Waals surface area contributed by atoms with Crippen LogP contribution in [0.5, 0.6) is 0 Å². The number of halogens is 1. The molecule has 0 radical (unpaired) electrons. The molecule has 0 bridgehead atoms. The summed E-state index contributed by atoms with van der Waals surface area (Å²) >= 11 is 0. The molecule has 0 unspecified atom stereocenters. The molecule has 1 amide bonds. The number of anilines is 1. The van der Waals surface area contributed by atoms with Crippen LogP contribution in [0.15, 0.2) is 6.07 Å². The quantitative estimate of drug-likeness (QED) is 0.686. The molecule has 0 saturated heterocycles. The van der Waals surface area contributed by atoms with Gasteiger partial charge in [-0.3, -0.25) is 15.0 Å². The van der Waals surface area contributed by atoms with Crippen molar-refractivity contribution in [1.29, 1.82) is 0 Å². The third kappa shape index (κ3) is 3.25. The summed E-state index contributed by atoms with van der Waals surface area (Å²) in [4.78, 5) is 12.2. The molecule has 114 valence electrons. The largest absolute Gasteiger partial charge is 0.312 e. The van der Waals surface area contributed by atoms with Gasteiger partial charge in [0.15, 0.2) is 11.5 Å². The van der Waals surface area contributed by atoms with Crippen molar-refractivity contribution in [2.75, 3.05) is 11.9 Å². The van der Waals surface area contributed by atoms with Gasteiger partial charge in [0.25, 0.3) is 5.91 Å². The topological polar surface area (TPSA) is 98.5 Å². The monoisotopic (exact) mass is 310 g/mol. The lowest BCUT2D eigenvalue weighted by Crippen LogP contribution is -2.25. The second-order valence-corrected chi connectivity index (χ2v) is 4.94. The van der Waals surface area contributed by atoms with Crippen LogP contribution in [0.3, 0.4) is 0 Å². The number of nitrogens with one attached hydrogen (secondary N) is 4. The molecule has 7 nitrogen and oxygen atoms in total. The van der Waals surface area contributed by atoms with Gasteiger partial charge in [-0.2, -0.15) is 10.2 Å². The van der Waals surface area contributed by atoms with Crippen molar-refractivity contribution < 1.29 is 4.79 Å². The number of fused-ring (bicyclic) bond motifs is 1. The van der Waals surface area contributed by atoms with E-state index < -0.39 is 0 Å². The third-order valence-corrected chi connectivity index (χ3v) is 3.41. The van der Waals surface area contributed by atoms with Crippen LogP contribution < -0.4 is 10.6 Å². The predicted molar refractivity (Wildman–Crippen MR) is 81.8 cm³/mol. The molecule has 0 spiro atoms. The van der Waals surface area contributed by atoms with Gasteiger partial charge in [-0.1, -0.05) is 13.3 Å². The molecule has 0 fully saturated rings. The van der Waals surface area contributed by atoms with Crippen LogP contribution in [-0.4, -0.2) is 32.8 Å². The highest BCUT2D eigenvalue weighted by molar-refractivity contribution is 6.03. The van der Waals surface area contributed by atoms with Gasteiger partial charge in [0.2, 0.25) is 0 Å². The van der Waals surface area contributed by atoms with E-state index in [2.05, 4.69) is 38.0 Å². The number of aromatic amines is 2. The summed E-state index contributed by atoms with van der Waals surface area (Å²) in [5.74, 6) is 0.319. The van der Waals surface area contributed by atoms with E-state index in [9.17, 15) is 4.79 Å². The Balaban J connectivity index is 0.00000161. The van der Waals surface area contributed by atoms with Gasteiger partial charge >= 0.3 is 0 Å². The summed E-state index contributed by atoms with van der Waals surface area (Å²) in [5, 5.41) is 20.1. The minimum atomic E-state index is -0.222. The summed E-state index contributed by atoms with van der Waals surface area (Å²) in [5.41, 5.74) is 3.47. The number of carbonyl (C=O) groups is 1. The average Bonchev–Trinajstić information content (AvgIpc) is 3.06. The van der Waals surface area contributed by atoms with Crippen molar-refractivity contribution in [2.24, 2.45) is 0 Å². The predicted octanol–water partition coefficient (Wildman–Crippen LogP) is 1.41. The fourth-order valence-corrected chi connectivity index (χ4v) is 2.41. The second-order valence-electron chi connectivity index (χ2n) is 4.94. The van der Waals surface area contributed by atoms with E-state index in [4.69, 9.17) is 0 Å². The Morgan fingerprint density at radius 3 is 3.05 bits per heavy atom. The van der Waals surface area contributed by atoms with Crippen molar-refractivity contribution >= 4 is 24.1 Å². The van der Waals surface area contributed by atoms with Gasteiger partial charge < -0.3 is 10.6 Å². The Morgan fingerprint density at radius 2 is 2.24 bits per heavy atom. The zero-order valence-electron chi connectivity index (χ0n) is 11.8. The number of aromatic nitrogens is 4. The first kappa shape index (κ1) is 15.5. The van der Waals surface area contributed by atoms with Crippen LogP contribution >= 0.6 is 12.4 Å². The standard InChI is InChI=1S/C13H18N6O.ClH/c1-2-3-8-6-11(18-16-8)15-13(20)12-9-7-14-5-4-10(9)17-19-12;/h6,14H,2-5,7H2,1H3,(H,17,19)(H2,15,16,18,20);1H. The maximum Gasteiger partial charge on any atom is 0.277 e. The first-order valence-electron chi connectivity index (χ1n) is 6.90. The van der Waals surface area contributed by atoms with E-state index in [1.807, 2.05) is 6.07 Å². The molecule has 0 saturated carbocycles. The first-order chi connectivity index (χ1) is 9.78. The van der Waals surface area contributed by atoms with Gasteiger partial charge in [-0.05, 0) is 6.42 Å². The highest BCUT2D eigenvalue weighted by atomic mass is 35.5. The van der Waals surface area contributed by atoms with Gasteiger partial charge in [-0.15, -0.1) is 12.4 Å². The molecule has 0 aromatic carbocycles. The van der Waals surface area contributed by atoms with Crippen molar-refractivity contribution in [3.8, 4) is 0 Å². The van der Waals surface area contributed by atoms with E-state index in [0.29, 0.717) is 18.1 Å². The maximum absolute atomic E-state index is 12.2. The third-order valence-electron chi connectivity index (χ3n) is 3.41. The highest BCUT2D eigenvalue weighted by Crippen LogP contribution is 2.17. The lowest BCUT2D eigenvalue weighted by molar-refractivity contribution is 0.102. The number of hydrogen-bond acceptors (Lipinski definition) is 4. The molecule has 1 aliphatic rings. The maximum atomic E-state index is 12.2. The number of carbonyl (C=O) groups excluding carboxylic acids is 1. The fourth-order valence-electron chi connectivity index (χ4n) is 2.41. The lowest BCUT2D eigenvalue weighted by atomic mass is 10.1. The Hall–Kier alpha value is -1.86. The Kier molecular flexibility index (Phi) is 4.98. The Labute approximate surface area is 128 Å². The molecule has 1 aliphatic heterocycles. The molecule has 3 heterocycles. The van der Waals surface area contributed by atoms with Crippen molar-refractivity contribution in [1.82, 2.24) is 25.7 Å². The normalized spacial score (nSPS) is 13.4. The van der Waals surface area contributed by atoms with Gasteiger partial charge in [0.05, 0.1) is 0 Å². The van der Waals surface area contributed by atoms with E-state index in [0.717, 1.165) is 42.8 Å². The van der Waals surface area contributed by atoms with Crippen LogP contribution in [0.25, 0.3) is 0 Å². The van der Waals surface area contributed by atoms with Gasteiger partial charge in [0.1, 0.15) is 0 Å². The minimum Gasteiger partial charge on any atom is -0.312 e. The van der Waals surface area contributed by atoms with Crippen LogP contribution in [0, 0.1) is 0 Å². The molecule has 8 heteroatoms. The molecule has 2 aromatic rings. The number of rotatable bonds is 4. The number of hydrogen-bond donors (Lipinski definition) is 4. The number of aryl methyl sites for hydroxylation is 1. The van der Waals surface area contributed by atoms with Crippen LogP contribution in [0.1, 0.15) is 40.8 Å². The van der Waals surface area contributed by atoms with E-state index >= 15 is 0 Å². The number of nitrogens with zero attached hydrogens (tertiary/aromatic N) is 2. The summed E-state index contributed by atoms with van der Waals surface area (Å²) in [6.45, 7) is 3.69. The number of amides is 1.